The van der Waals surface area contributed by atoms with Gasteiger partial charge in [0.2, 0.25) is 0 Å². The molecule has 0 unspecified atom stereocenters. The number of nitrogens with one attached hydrogen (secondary N) is 2. The molecule has 2 N–H and O–H groups in total. The lowest BCUT2D eigenvalue weighted by Crippen LogP contribution is -2.54. The smallest absolute Gasteiger partial charge is 0.330 e. The Hall–Kier alpha value is -2.30. The van der Waals surface area contributed by atoms with Crippen molar-refractivity contribution in [3.63, 3.8) is 0 Å². The molecule has 1 aliphatic heterocycles. The zero-order valence-electron chi connectivity index (χ0n) is 14.8. The van der Waals surface area contributed by atoms with E-state index in [1.807, 2.05) is 71.9 Å². The molecule has 23 heavy (non-hydrogen) atoms. The maximum atomic E-state index is 12.4. The minimum Gasteiger partial charge on any atom is -0.335 e. The van der Waals surface area contributed by atoms with Gasteiger partial charge in [-0.05, 0) is 38.8 Å². The van der Waals surface area contributed by atoms with Crippen molar-refractivity contribution in [2.45, 2.75) is 53.6 Å². The average Bonchev–Trinajstić information content (AvgIpc) is 2.52. The first-order valence-electron chi connectivity index (χ1n) is 8.05. The summed E-state index contributed by atoms with van der Waals surface area (Å²) in [6, 6.07) is 8.38. The summed E-state index contributed by atoms with van der Waals surface area (Å²) < 4.78 is 0. The summed E-state index contributed by atoms with van der Waals surface area (Å²) in [7, 11) is 0. The lowest BCUT2D eigenvalue weighted by Gasteiger charge is -2.36. The first-order chi connectivity index (χ1) is 10.9. The lowest BCUT2D eigenvalue weighted by molar-refractivity contribution is 0.170. The second-order valence-electron chi connectivity index (χ2n) is 5.53. The van der Waals surface area contributed by atoms with E-state index >= 15 is 0 Å². The van der Waals surface area contributed by atoms with Crippen molar-refractivity contribution in [3.05, 3.63) is 47.2 Å². The highest BCUT2D eigenvalue weighted by Crippen LogP contribution is 2.32. The van der Waals surface area contributed by atoms with Crippen LogP contribution in [-0.2, 0) is 0 Å². The van der Waals surface area contributed by atoms with Gasteiger partial charge in [-0.3, -0.25) is 0 Å². The molecule has 5 nitrogen and oxygen atoms in total. The molecule has 0 saturated carbocycles. The fourth-order valence-electron chi connectivity index (χ4n) is 2.40. The molecule has 1 aromatic carbocycles. The molecule has 1 heterocycles. The van der Waals surface area contributed by atoms with Gasteiger partial charge in [-0.1, -0.05) is 44.2 Å². The van der Waals surface area contributed by atoms with E-state index in [0.717, 1.165) is 16.8 Å². The van der Waals surface area contributed by atoms with Gasteiger partial charge < -0.3 is 10.6 Å². The maximum absolute atomic E-state index is 12.4. The molecule has 2 rings (SSSR count). The van der Waals surface area contributed by atoms with E-state index in [1.54, 1.807) is 0 Å². The first kappa shape index (κ1) is 18.7. The van der Waals surface area contributed by atoms with Crippen LogP contribution < -0.4 is 10.6 Å². The molecule has 0 aromatic heterocycles. The maximum Gasteiger partial charge on any atom is 0.330 e. The highest BCUT2D eigenvalue weighted by molar-refractivity contribution is 5.96. The van der Waals surface area contributed by atoms with Gasteiger partial charge in [0.15, 0.2) is 0 Å². The molecule has 0 spiro atoms. The molecule has 1 aromatic rings. The number of carbonyl (C=O) groups excluding carboxylic acids is 2. The number of rotatable bonds is 2. The molecule has 0 saturated heterocycles. The Kier molecular flexibility index (Phi) is 6.82. The van der Waals surface area contributed by atoms with Crippen LogP contribution in [-0.4, -0.2) is 23.0 Å². The van der Waals surface area contributed by atoms with Gasteiger partial charge >= 0.3 is 12.1 Å². The second-order valence-corrected chi connectivity index (χ2v) is 5.53. The van der Waals surface area contributed by atoms with Crippen LogP contribution in [0.15, 0.2) is 41.6 Å². The molecule has 5 heteroatoms. The minimum absolute atomic E-state index is 0.0333. The van der Waals surface area contributed by atoms with E-state index in [1.165, 1.54) is 4.90 Å². The van der Waals surface area contributed by atoms with Crippen LogP contribution in [0.1, 0.15) is 53.1 Å². The zero-order chi connectivity index (χ0) is 17.6. The standard InChI is InChI=1S/C16H21N3O2.C2H6/c1-10(2)17-15(20)19-14(13-8-6-5-7-9-13)11(3)12(4)18-16(19)21;1-2/h5-10,14H,1-4H3,(H,17,20)(H,18,21);1-2H3/t14-;/m1./s1. The van der Waals surface area contributed by atoms with Crippen molar-refractivity contribution in [2.24, 2.45) is 0 Å². The molecule has 126 valence electrons. The van der Waals surface area contributed by atoms with Crippen molar-refractivity contribution in [2.75, 3.05) is 0 Å². The molecule has 0 bridgehead atoms. The molecular weight excluding hydrogens is 290 g/mol. The molecule has 1 aliphatic rings. The van der Waals surface area contributed by atoms with Gasteiger partial charge in [0.1, 0.15) is 0 Å². The van der Waals surface area contributed by atoms with Crippen molar-refractivity contribution in [3.8, 4) is 0 Å². The number of hydrogen-bond donors (Lipinski definition) is 2. The predicted octanol–water partition coefficient (Wildman–Crippen LogP) is 4.19. The number of hydrogen-bond acceptors (Lipinski definition) is 2. The normalized spacial score (nSPS) is 17.4. The second kappa shape index (κ2) is 8.36. The molecule has 0 fully saturated rings. The van der Waals surface area contributed by atoms with Crippen molar-refractivity contribution >= 4 is 12.1 Å². The Labute approximate surface area is 138 Å². The highest BCUT2D eigenvalue weighted by atomic mass is 16.2. The Morgan fingerprint density at radius 2 is 1.74 bits per heavy atom. The quantitative estimate of drug-likeness (QED) is 0.859. The van der Waals surface area contributed by atoms with Gasteiger partial charge in [-0.15, -0.1) is 0 Å². The fourth-order valence-corrected chi connectivity index (χ4v) is 2.40. The van der Waals surface area contributed by atoms with E-state index in [0.29, 0.717) is 0 Å². The van der Waals surface area contributed by atoms with Gasteiger partial charge in [-0.25, -0.2) is 14.5 Å². The van der Waals surface area contributed by atoms with E-state index in [9.17, 15) is 9.59 Å². The van der Waals surface area contributed by atoms with E-state index in [4.69, 9.17) is 0 Å². The third kappa shape index (κ3) is 4.34. The third-order valence-electron chi connectivity index (χ3n) is 3.52. The Bertz CT molecular complexity index is 579. The van der Waals surface area contributed by atoms with Crippen LogP contribution in [0.4, 0.5) is 9.59 Å². The lowest BCUT2D eigenvalue weighted by atomic mass is 9.95. The van der Waals surface area contributed by atoms with Crippen molar-refractivity contribution in [1.29, 1.82) is 0 Å². The summed E-state index contributed by atoms with van der Waals surface area (Å²) in [6.45, 7) is 11.5. The monoisotopic (exact) mass is 317 g/mol. The van der Waals surface area contributed by atoms with Gasteiger partial charge in [0.25, 0.3) is 0 Å². The van der Waals surface area contributed by atoms with Gasteiger partial charge in [0.05, 0.1) is 6.04 Å². The van der Waals surface area contributed by atoms with Crippen LogP contribution >= 0.6 is 0 Å². The number of benzene rings is 1. The number of amides is 4. The first-order valence-corrected chi connectivity index (χ1v) is 8.05. The van der Waals surface area contributed by atoms with Crippen LogP contribution in [0.3, 0.4) is 0 Å². The van der Waals surface area contributed by atoms with Gasteiger partial charge in [-0.2, -0.15) is 0 Å². The molecular formula is C18H27N3O2. The number of carbonyl (C=O) groups is 2. The number of nitrogens with zero attached hydrogens (tertiary/aromatic N) is 1. The topological polar surface area (TPSA) is 61.4 Å². The average molecular weight is 317 g/mol. The van der Waals surface area contributed by atoms with Gasteiger partial charge in [0, 0.05) is 11.7 Å². The summed E-state index contributed by atoms with van der Waals surface area (Å²) in [4.78, 5) is 25.9. The summed E-state index contributed by atoms with van der Waals surface area (Å²) in [5.41, 5.74) is 2.67. The molecule has 4 amide bonds. The van der Waals surface area contributed by atoms with Crippen molar-refractivity contribution in [1.82, 2.24) is 15.5 Å². The number of urea groups is 2. The summed E-state index contributed by atoms with van der Waals surface area (Å²) >= 11 is 0. The van der Waals surface area contributed by atoms with Crippen LogP contribution in [0, 0.1) is 0 Å². The zero-order valence-corrected chi connectivity index (χ0v) is 14.8. The Morgan fingerprint density at radius 3 is 2.26 bits per heavy atom. The largest absolute Gasteiger partial charge is 0.335 e. The molecule has 0 aliphatic carbocycles. The van der Waals surface area contributed by atoms with Crippen LogP contribution in [0.2, 0.25) is 0 Å². The number of allylic oxidation sites excluding steroid dienone is 1. The predicted molar refractivity (Wildman–Crippen MR) is 92.9 cm³/mol. The minimum atomic E-state index is -0.398. The summed E-state index contributed by atoms with van der Waals surface area (Å²) in [5.74, 6) is 0. The Balaban J connectivity index is 0.00000127. The molecule has 0 radical (unpaired) electrons. The molecule has 1 atom stereocenters. The number of imide groups is 1. The SMILES string of the molecule is CC.CC1=C(C)[C@H](c2ccccc2)N(C(=O)NC(C)C)C(=O)N1. The van der Waals surface area contributed by atoms with Crippen LogP contribution in [0.5, 0.6) is 0 Å². The van der Waals surface area contributed by atoms with E-state index < -0.39 is 6.03 Å². The Morgan fingerprint density at radius 1 is 1.17 bits per heavy atom. The summed E-state index contributed by atoms with van der Waals surface area (Å²) in [6.07, 6.45) is 0. The fraction of sp³-hybridized carbons (Fsp3) is 0.444. The van der Waals surface area contributed by atoms with Crippen LogP contribution in [0.25, 0.3) is 0 Å². The highest BCUT2D eigenvalue weighted by Gasteiger charge is 2.36. The third-order valence-corrected chi connectivity index (χ3v) is 3.52. The summed E-state index contributed by atoms with van der Waals surface area (Å²) in [5, 5.41) is 5.52. The van der Waals surface area contributed by atoms with Crippen molar-refractivity contribution < 1.29 is 9.59 Å². The van der Waals surface area contributed by atoms with E-state index in [-0.39, 0.29) is 18.1 Å². The van der Waals surface area contributed by atoms with E-state index in [2.05, 4.69) is 10.6 Å².